The van der Waals surface area contributed by atoms with Crippen LogP contribution in [0.25, 0.3) is 17.8 Å². The summed E-state index contributed by atoms with van der Waals surface area (Å²) in [5, 5.41) is 0. The first kappa shape index (κ1) is 25.7. The second-order valence-corrected chi connectivity index (χ2v) is 10.4. The van der Waals surface area contributed by atoms with E-state index in [4.69, 9.17) is 9.73 Å². The Balaban J connectivity index is 1.74. The number of hydrogen-bond acceptors (Lipinski definition) is 6. The summed E-state index contributed by atoms with van der Waals surface area (Å²) in [6, 6.07) is 26.8. The number of rotatable bonds is 7. The molecule has 5 rings (SSSR count). The van der Waals surface area contributed by atoms with Crippen molar-refractivity contribution in [1.82, 2.24) is 4.57 Å². The van der Waals surface area contributed by atoms with E-state index < -0.39 is 12.0 Å². The Morgan fingerprint density at radius 3 is 2.37 bits per heavy atom. The number of nitrogens with zero attached hydrogens (tertiary/aromatic N) is 2. The van der Waals surface area contributed by atoms with Crippen LogP contribution in [0.3, 0.4) is 0 Å². The summed E-state index contributed by atoms with van der Waals surface area (Å²) in [7, 11) is 0. The van der Waals surface area contributed by atoms with Gasteiger partial charge in [-0.15, -0.1) is 11.8 Å². The number of hydrogen-bond donors (Lipinski definition) is 0. The summed E-state index contributed by atoms with van der Waals surface area (Å²) in [5.41, 5.74) is 3.34. The van der Waals surface area contributed by atoms with Gasteiger partial charge in [0.15, 0.2) is 4.80 Å². The van der Waals surface area contributed by atoms with Crippen molar-refractivity contribution < 1.29 is 9.53 Å². The van der Waals surface area contributed by atoms with Crippen molar-refractivity contribution in [2.75, 3.05) is 12.9 Å². The van der Waals surface area contributed by atoms with Gasteiger partial charge in [0.1, 0.15) is 0 Å². The van der Waals surface area contributed by atoms with E-state index in [0.717, 1.165) is 21.6 Å². The average molecular weight is 539 g/mol. The van der Waals surface area contributed by atoms with Gasteiger partial charge >= 0.3 is 5.97 Å². The van der Waals surface area contributed by atoms with E-state index in [1.807, 2.05) is 103 Å². The van der Waals surface area contributed by atoms with E-state index in [0.29, 0.717) is 20.6 Å². The largest absolute Gasteiger partial charge is 0.463 e. The number of ether oxygens (including phenoxy) is 1. The lowest BCUT2D eigenvalue weighted by Crippen LogP contribution is -2.39. The molecule has 0 unspecified atom stereocenters. The summed E-state index contributed by atoms with van der Waals surface area (Å²) in [5.74, 6) is -0.479. The molecular formula is C31H26N2O3S2. The zero-order valence-electron chi connectivity index (χ0n) is 21.0. The smallest absolute Gasteiger partial charge is 0.338 e. The molecule has 2 heterocycles. The summed E-state index contributed by atoms with van der Waals surface area (Å²) >= 11 is 2.95. The van der Waals surface area contributed by atoms with Crippen molar-refractivity contribution in [2.24, 2.45) is 4.99 Å². The van der Waals surface area contributed by atoms with Crippen LogP contribution in [-0.4, -0.2) is 23.4 Å². The molecule has 0 N–H and O–H groups in total. The molecule has 190 valence electrons. The highest BCUT2D eigenvalue weighted by Crippen LogP contribution is 2.35. The van der Waals surface area contributed by atoms with Crippen LogP contribution < -0.4 is 14.9 Å². The van der Waals surface area contributed by atoms with Crippen molar-refractivity contribution in [2.45, 2.75) is 17.9 Å². The Kier molecular flexibility index (Phi) is 7.86. The number of carbonyl (C=O) groups is 1. The fourth-order valence-corrected chi connectivity index (χ4v) is 5.73. The minimum absolute atomic E-state index is 0.195. The van der Waals surface area contributed by atoms with Crippen molar-refractivity contribution >= 4 is 46.9 Å². The Morgan fingerprint density at radius 1 is 1.03 bits per heavy atom. The first-order valence-corrected chi connectivity index (χ1v) is 14.3. The maximum atomic E-state index is 13.8. The predicted octanol–water partition coefficient (Wildman–Crippen LogP) is 5.32. The lowest BCUT2D eigenvalue weighted by Gasteiger charge is -2.26. The van der Waals surface area contributed by atoms with Crippen LogP contribution in [0, 0.1) is 0 Å². The van der Waals surface area contributed by atoms with Crippen LogP contribution in [0.2, 0.25) is 0 Å². The van der Waals surface area contributed by atoms with Crippen LogP contribution in [0.4, 0.5) is 0 Å². The van der Waals surface area contributed by atoms with E-state index in [1.54, 1.807) is 29.3 Å². The third-order valence-corrected chi connectivity index (χ3v) is 7.89. The number of aromatic nitrogens is 1. The van der Waals surface area contributed by atoms with Gasteiger partial charge in [0.2, 0.25) is 0 Å². The second-order valence-electron chi connectivity index (χ2n) is 8.50. The van der Waals surface area contributed by atoms with Crippen molar-refractivity contribution in [3.63, 3.8) is 0 Å². The Labute approximate surface area is 229 Å². The van der Waals surface area contributed by atoms with Gasteiger partial charge in [0, 0.05) is 10.5 Å². The van der Waals surface area contributed by atoms with Gasteiger partial charge in [0.05, 0.1) is 28.5 Å². The molecule has 0 fully saturated rings. The molecule has 3 aromatic carbocycles. The standard InChI is InChI=1S/C31H26N2O3S2/c1-3-36-30(35)26-27(22-14-8-5-9-15-22)32-31-33(28(26)23-17-19-24(37-2)20-18-23)29(34)25(38-31)16-10-13-21-11-6-4-7-12-21/h4-20,28H,3H2,1-2H3/b13-10+,25-16+/t28-/m1/s1. The van der Waals surface area contributed by atoms with Crippen molar-refractivity contribution in [1.29, 1.82) is 0 Å². The number of thiazole rings is 1. The third kappa shape index (κ3) is 5.21. The number of thioether (sulfide) groups is 1. The molecular weight excluding hydrogens is 512 g/mol. The monoisotopic (exact) mass is 538 g/mol. The fraction of sp³-hybridized carbons (Fsp3) is 0.129. The Morgan fingerprint density at radius 2 is 1.71 bits per heavy atom. The molecule has 1 aliphatic rings. The lowest BCUT2D eigenvalue weighted by molar-refractivity contribution is -0.138. The van der Waals surface area contributed by atoms with Gasteiger partial charge < -0.3 is 4.74 Å². The van der Waals surface area contributed by atoms with Gasteiger partial charge in [-0.3, -0.25) is 9.36 Å². The highest BCUT2D eigenvalue weighted by atomic mass is 32.2. The van der Waals surface area contributed by atoms with Crippen LogP contribution >= 0.6 is 23.1 Å². The maximum Gasteiger partial charge on any atom is 0.338 e. The molecule has 0 spiro atoms. The van der Waals surface area contributed by atoms with Gasteiger partial charge in [-0.25, -0.2) is 9.79 Å². The zero-order chi connectivity index (χ0) is 26.5. The SMILES string of the molecule is CCOC(=O)C1=C(c2ccccc2)N=c2s/c(=C/C=C/c3ccccc3)c(=O)n2[C@@H]1c1ccc(SC)cc1. The molecule has 0 amide bonds. The predicted molar refractivity (Wildman–Crippen MR) is 156 cm³/mol. The number of benzene rings is 3. The number of carbonyl (C=O) groups excluding carboxylic acids is 1. The Hall–Kier alpha value is -3.94. The quantitative estimate of drug-likeness (QED) is 0.236. The molecule has 1 atom stereocenters. The van der Waals surface area contributed by atoms with E-state index in [1.165, 1.54) is 11.3 Å². The topological polar surface area (TPSA) is 60.7 Å². The zero-order valence-corrected chi connectivity index (χ0v) is 22.7. The lowest BCUT2D eigenvalue weighted by atomic mass is 9.93. The molecule has 4 aromatic rings. The summed E-state index contributed by atoms with van der Waals surface area (Å²) in [6.07, 6.45) is 7.64. The fourth-order valence-electron chi connectivity index (χ4n) is 4.37. The molecule has 1 aliphatic heterocycles. The molecule has 0 aliphatic carbocycles. The van der Waals surface area contributed by atoms with Crippen LogP contribution in [-0.2, 0) is 9.53 Å². The Bertz CT molecular complexity index is 1680. The number of allylic oxidation sites excluding steroid dienone is 1. The molecule has 0 bridgehead atoms. The van der Waals surface area contributed by atoms with Gasteiger partial charge in [0.25, 0.3) is 5.56 Å². The first-order valence-electron chi connectivity index (χ1n) is 12.2. The molecule has 0 saturated carbocycles. The van der Waals surface area contributed by atoms with Crippen LogP contribution in [0.15, 0.2) is 111 Å². The third-order valence-electron chi connectivity index (χ3n) is 6.14. The molecule has 7 heteroatoms. The van der Waals surface area contributed by atoms with Crippen molar-refractivity contribution in [3.8, 4) is 0 Å². The highest BCUT2D eigenvalue weighted by molar-refractivity contribution is 7.98. The summed E-state index contributed by atoms with van der Waals surface area (Å²) < 4.78 is 7.68. The molecule has 1 aromatic heterocycles. The summed E-state index contributed by atoms with van der Waals surface area (Å²) in [6.45, 7) is 1.99. The van der Waals surface area contributed by atoms with Gasteiger partial charge in [-0.2, -0.15) is 0 Å². The van der Waals surface area contributed by atoms with E-state index in [9.17, 15) is 9.59 Å². The average Bonchev–Trinajstić information content (AvgIpc) is 3.28. The van der Waals surface area contributed by atoms with Crippen LogP contribution in [0.1, 0.15) is 29.7 Å². The van der Waals surface area contributed by atoms with E-state index >= 15 is 0 Å². The minimum atomic E-state index is -0.670. The number of fused-ring (bicyclic) bond motifs is 1. The highest BCUT2D eigenvalue weighted by Gasteiger charge is 2.35. The molecule has 38 heavy (non-hydrogen) atoms. The minimum Gasteiger partial charge on any atom is -0.463 e. The molecule has 0 radical (unpaired) electrons. The second kappa shape index (κ2) is 11.6. The van der Waals surface area contributed by atoms with Crippen molar-refractivity contribution in [3.05, 3.63) is 133 Å². The molecule has 5 nitrogen and oxygen atoms in total. The maximum absolute atomic E-state index is 13.8. The van der Waals surface area contributed by atoms with Gasteiger partial charge in [-0.05, 0) is 42.5 Å². The summed E-state index contributed by atoms with van der Waals surface area (Å²) in [4.78, 5) is 33.8. The first-order chi connectivity index (χ1) is 18.6. The van der Waals surface area contributed by atoms with Crippen LogP contribution in [0.5, 0.6) is 0 Å². The normalized spacial score (nSPS) is 15.4. The number of esters is 1. The van der Waals surface area contributed by atoms with E-state index in [2.05, 4.69) is 0 Å². The van der Waals surface area contributed by atoms with Gasteiger partial charge in [-0.1, -0.05) is 96.3 Å². The van der Waals surface area contributed by atoms with E-state index in [-0.39, 0.29) is 12.2 Å². The molecule has 0 saturated heterocycles.